The van der Waals surface area contributed by atoms with Gasteiger partial charge in [-0.3, -0.25) is 4.79 Å². The predicted molar refractivity (Wildman–Crippen MR) is 61.1 cm³/mol. The molecule has 0 amide bonds. The first kappa shape index (κ1) is 10.5. The molecule has 16 heavy (non-hydrogen) atoms. The Morgan fingerprint density at radius 2 is 1.75 bits per heavy atom. The van der Waals surface area contributed by atoms with Crippen molar-refractivity contribution in [3.8, 4) is 0 Å². The van der Waals surface area contributed by atoms with E-state index >= 15 is 0 Å². The van der Waals surface area contributed by atoms with E-state index in [1.54, 1.807) is 12.4 Å². The zero-order valence-electron chi connectivity index (χ0n) is 8.84. The summed E-state index contributed by atoms with van der Waals surface area (Å²) in [6.07, 6.45) is 6.16. The van der Waals surface area contributed by atoms with Gasteiger partial charge in [-0.25, -0.2) is 9.97 Å². The van der Waals surface area contributed by atoms with Crippen molar-refractivity contribution in [2.45, 2.75) is 12.8 Å². The molecule has 3 nitrogen and oxygen atoms in total. The van der Waals surface area contributed by atoms with Gasteiger partial charge in [-0.1, -0.05) is 30.3 Å². The van der Waals surface area contributed by atoms with E-state index in [0.717, 1.165) is 11.1 Å². The number of nitrogens with zero attached hydrogens (tertiary/aromatic N) is 2. The highest BCUT2D eigenvalue weighted by atomic mass is 16.1. The lowest BCUT2D eigenvalue weighted by molar-refractivity contribution is 0.0983. The smallest absolute Gasteiger partial charge is 0.163 e. The number of benzene rings is 1. The summed E-state index contributed by atoms with van der Waals surface area (Å²) in [6.45, 7) is 0. The molecule has 0 fully saturated rings. The van der Waals surface area contributed by atoms with Gasteiger partial charge in [0.05, 0.1) is 0 Å². The molecule has 1 heterocycles. The Morgan fingerprint density at radius 3 is 2.44 bits per heavy atom. The van der Waals surface area contributed by atoms with Crippen molar-refractivity contribution in [3.05, 3.63) is 60.2 Å². The molecule has 1 aromatic heterocycles. The summed E-state index contributed by atoms with van der Waals surface area (Å²) in [5.41, 5.74) is 1.76. The topological polar surface area (TPSA) is 42.9 Å². The van der Waals surface area contributed by atoms with Gasteiger partial charge in [0, 0.05) is 24.4 Å². The number of hydrogen-bond acceptors (Lipinski definition) is 3. The molecule has 2 rings (SSSR count). The van der Waals surface area contributed by atoms with Crippen molar-refractivity contribution < 1.29 is 4.79 Å². The average Bonchev–Trinajstić information content (AvgIpc) is 2.38. The minimum absolute atomic E-state index is 0.157. The van der Waals surface area contributed by atoms with E-state index in [1.165, 1.54) is 6.33 Å². The predicted octanol–water partition coefficient (Wildman–Crippen LogP) is 2.29. The lowest BCUT2D eigenvalue weighted by atomic mass is 10.0. The highest BCUT2D eigenvalue weighted by molar-refractivity contribution is 5.96. The van der Waals surface area contributed by atoms with Crippen LogP contribution in [0.15, 0.2) is 49.1 Å². The quantitative estimate of drug-likeness (QED) is 0.730. The SMILES string of the molecule is O=C(CCc1cncnc1)c1ccccc1. The normalized spacial score (nSPS) is 10.0. The Hall–Kier alpha value is -2.03. The van der Waals surface area contributed by atoms with Gasteiger partial charge in [-0.15, -0.1) is 0 Å². The fourth-order valence-electron chi connectivity index (χ4n) is 1.49. The molecule has 80 valence electrons. The van der Waals surface area contributed by atoms with Crippen molar-refractivity contribution >= 4 is 5.78 Å². The zero-order valence-corrected chi connectivity index (χ0v) is 8.84. The van der Waals surface area contributed by atoms with Gasteiger partial charge in [-0.2, -0.15) is 0 Å². The highest BCUT2D eigenvalue weighted by Gasteiger charge is 2.05. The Kier molecular flexibility index (Phi) is 3.38. The molecule has 0 aliphatic rings. The second-order valence-corrected chi connectivity index (χ2v) is 3.54. The third-order valence-corrected chi connectivity index (χ3v) is 2.35. The Balaban J connectivity index is 1.95. The van der Waals surface area contributed by atoms with Crippen LogP contribution >= 0.6 is 0 Å². The third-order valence-electron chi connectivity index (χ3n) is 2.35. The second kappa shape index (κ2) is 5.16. The van der Waals surface area contributed by atoms with Crippen LogP contribution in [0, 0.1) is 0 Å². The van der Waals surface area contributed by atoms with Gasteiger partial charge in [0.2, 0.25) is 0 Å². The molecule has 0 aliphatic carbocycles. The van der Waals surface area contributed by atoms with Crippen LogP contribution in [-0.4, -0.2) is 15.8 Å². The molecule has 2 aromatic rings. The number of Topliss-reactive ketones (excluding diaryl/α,β-unsaturated/α-hetero) is 1. The average molecular weight is 212 g/mol. The van der Waals surface area contributed by atoms with Crippen LogP contribution in [-0.2, 0) is 6.42 Å². The van der Waals surface area contributed by atoms with Crippen LogP contribution in [0.5, 0.6) is 0 Å². The van der Waals surface area contributed by atoms with Crippen molar-refractivity contribution in [1.29, 1.82) is 0 Å². The maximum Gasteiger partial charge on any atom is 0.163 e. The van der Waals surface area contributed by atoms with Gasteiger partial charge in [0.15, 0.2) is 5.78 Å². The fraction of sp³-hybridized carbons (Fsp3) is 0.154. The Labute approximate surface area is 94.2 Å². The lowest BCUT2D eigenvalue weighted by Gasteiger charge is -2.00. The van der Waals surface area contributed by atoms with Gasteiger partial charge in [-0.05, 0) is 12.0 Å². The standard InChI is InChI=1S/C13H12N2O/c16-13(12-4-2-1-3-5-12)7-6-11-8-14-10-15-9-11/h1-5,8-10H,6-7H2. The minimum atomic E-state index is 0.157. The molecular formula is C13H12N2O. The first-order valence-electron chi connectivity index (χ1n) is 5.18. The summed E-state index contributed by atoms with van der Waals surface area (Å²) in [5, 5.41) is 0. The number of carbonyl (C=O) groups is 1. The van der Waals surface area contributed by atoms with E-state index in [2.05, 4.69) is 9.97 Å². The van der Waals surface area contributed by atoms with Crippen LogP contribution in [0.2, 0.25) is 0 Å². The lowest BCUT2D eigenvalue weighted by Crippen LogP contribution is -2.01. The molecule has 1 aromatic carbocycles. The molecule has 0 radical (unpaired) electrons. The second-order valence-electron chi connectivity index (χ2n) is 3.54. The number of rotatable bonds is 4. The Morgan fingerprint density at radius 1 is 1.06 bits per heavy atom. The third kappa shape index (κ3) is 2.73. The molecule has 0 bridgehead atoms. The van der Waals surface area contributed by atoms with Crippen LogP contribution in [0.1, 0.15) is 22.3 Å². The molecule has 0 spiro atoms. The summed E-state index contributed by atoms with van der Waals surface area (Å²) >= 11 is 0. The molecule has 0 saturated carbocycles. The van der Waals surface area contributed by atoms with E-state index in [9.17, 15) is 4.79 Å². The van der Waals surface area contributed by atoms with Crippen LogP contribution in [0.4, 0.5) is 0 Å². The molecule has 0 saturated heterocycles. The summed E-state index contributed by atoms with van der Waals surface area (Å²) in [6, 6.07) is 9.33. The van der Waals surface area contributed by atoms with Gasteiger partial charge >= 0.3 is 0 Å². The number of hydrogen-bond donors (Lipinski definition) is 0. The maximum atomic E-state index is 11.8. The van der Waals surface area contributed by atoms with E-state index in [4.69, 9.17) is 0 Å². The maximum absolute atomic E-state index is 11.8. The van der Waals surface area contributed by atoms with Gasteiger partial charge < -0.3 is 0 Å². The first-order valence-corrected chi connectivity index (χ1v) is 5.18. The monoisotopic (exact) mass is 212 g/mol. The van der Waals surface area contributed by atoms with Crippen molar-refractivity contribution in [2.75, 3.05) is 0 Å². The molecule has 0 aliphatic heterocycles. The van der Waals surface area contributed by atoms with E-state index in [1.807, 2.05) is 30.3 Å². The van der Waals surface area contributed by atoms with E-state index in [-0.39, 0.29) is 5.78 Å². The van der Waals surface area contributed by atoms with E-state index in [0.29, 0.717) is 12.8 Å². The summed E-state index contributed by atoms with van der Waals surface area (Å²) in [4.78, 5) is 19.6. The van der Waals surface area contributed by atoms with Crippen molar-refractivity contribution in [3.63, 3.8) is 0 Å². The number of aromatic nitrogens is 2. The molecule has 3 heteroatoms. The molecular weight excluding hydrogens is 200 g/mol. The number of ketones is 1. The largest absolute Gasteiger partial charge is 0.294 e. The van der Waals surface area contributed by atoms with Gasteiger partial charge in [0.25, 0.3) is 0 Å². The minimum Gasteiger partial charge on any atom is -0.294 e. The molecule has 0 N–H and O–H groups in total. The molecule has 0 unspecified atom stereocenters. The fourth-order valence-corrected chi connectivity index (χ4v) is 1.49. The van der Waals surface area contributed by atoms with Crippen LogP contribution in [0.3, 0.4) is 0 Å². The van der Waals surface area contributed by atoms with Crippen molar-refractivity contribution in [1.82, 2.24) is 9.97 Å². The first-order chi connectivity index (χ1) is 7.86. The highest BCUT2D eigenvalue weighted by Crippen LogP contribution is 2.06. The van der Waals surface area contributed by atoms with Crippen LogP contribution < -0.4 is 0 Å². The molecule has 0 atom stereocenters. The zero-order chi connectivity index (χ0) is 11.2. The Bertz CT molecular complexity index is 454. The summed E-state index contributed by atoms with van der Waals surface area (Å²) in [5.74, 6) is 0.157. The van der Waals surface area contributed by atoms with E-state index < -0.39 is 0 Å². The van der Waals surface area contributed by atoms with Crippen LogP contribution in [0.25, 0.3) is 0 Å². The van der Waals surface area contributed by atoms with Crippen molar-refractivity contribution in [2.24, 2.45) is 0 Å². The summed E-state index contributed by atoms with van der Waals surface area (Å²) < 4.78 is 0. The number of aryl methyl sites for hydroxylation is 1. The number of carbonyl (C=O) groups excluding carboxylic acids is 1. The van der Waals surface area contributed by atoms with Gasteiger partial charge in [0.1, 0.15) is 6.33 Å². The summed E-state index contributed by atoms with van der Waals surface area (Å²) in [7, 11) is 0.